The van der Waals surface area contributed by atoms with Gasteiger partial charge in [-0.15, -0.1) is 5.10 Å². The predicted octanol–water partition coefficient (Wildman–Crippen LogP) is 2.96. The molecule has 2 rings (SSSR count). The topological polar surface area (TPSA) is 60.2 Å². The van der Waals surface area contributed by atoms with Crippen molar-refractivity contribution in [3.63, 3.8) is 0 Å². The highest BCUT2D eigenvalue weighted by Crippen LogP contribution is 2.24. The minimum absolute atomic E-state index is 0.113. The van der Waals surface area contributed by atoms with Crippen LogP contribution in [0.4, 0.5) is 6.01 Å². The van der Waals surface area contributed by atoms with Crippen LogP contribution in [0.3, 0.4) is 0 Å². The Morgan fingerprint density at radius 2 is 2.00 bits per heavy atom. The number of hydrogen-bond acceptors (Lipinski definition) is 5. The highest BCUT2D eigenvalue weighted by atomic mass is 16.5. The standard InChI is InChI=1S/C13H17N3O2/c1-13(2,3)14-12-16-15-11(18-12)9-6-5-7-10(8-9)17-4/h5-8H,1-4H3,(H,14,16). The van der Waals surface area contributed by atoms with Crippen LogP contribution in [-0.2, 0) is 0 Å². The average Bonchev–Trinajstić information content (AvgIpc) is 2.75. The van der Waals surface area contributed by atoms with Gasteiger partial charge in [0.15, 0.2) is 0 Å². The number of methoxy groups -OCH3 is 1. The predicted molar refractivity (Wildman–Crippen MR) is 69.7 cm³/mol. The number of rotatable bonds is 3. The highest BCUT2D eigenvalue weighted by molar-refractivity contribution is 5.56. The maximum absolute atomic E-state index is 5.56. The molecule has 0 saturated carbocycles. The summed E-state index contributed by atoms with van der Waals surface area (Å²) in [6.45, 7) is 6.09. The van der Waals surface area contributed by atoms with Crippen LogP contribution in [0.2, 0.25) is 0 Å². The van der Waals surface area contributed by atoms with Crippen molar-refractivity contribution in [2.45, 2.75) is 26.3 Å². The minimum Gasteiger partial charge on any atom is -0.497 e. The Morgan fingerprint density at radius 1 is 1.22 bits per heavy atom. The Labute approximate surface area is 106 Å². The summed E-state index contributed by atoms with van der Waals surface area (Å²) in [7, 11) is 1.62. The number of anilines is 1. The van der Waals surface area contributed by atoms with Gasteiger partial charge in [0.25, 0.3) is 0 Å². The van der Waals surface area contributed by atoms with Crippen molar-refractivity contribution in [3.8, 4) is 17.2 Å². The molecule has 0 aliphatic heterocycles. The Balaban J connectivity index is 2.23. The molecule has 0 saturated heterocycles. The number of hydrogen-bond donors (Lipinski definition) is 1. The van der Waals surface area contributed by atoms with Crippen LogP contribution in [0.1, 0.15) is 20.8 Å². The summed E-state index contributed by atoms with van der Waals surface area (Å²) < 4.78 is 10.7. The maximum atomic E-state index is 5.56. The van der Waals surface area contributed by atoms with E-state index in [9.17, 15) is 0 Å². The van der Waals surface area contributed by atoms with Crippen LogP contribution >= 0.6 is 0 Å². The van der Waals surface area contributed by atoms with Crippen molar-refractivity contribution >= 4 is 6.01 Å². The van der Waals surface area contributed by atoms with E-state index < -0.39 is 0 Å². The molecule has 1 aromatic heterocycles. The number of benzene rings is 1. The van der Waals surface area contributed by atoms with Gasteiger partial charge in [-0.2, -0.15) is 0 Å². The Kier molecular flexibility index (Phi) is 3.23. The lowest BCUT2D eigenvalue weighted by Crippen LogP contribution is -2.26. The molecule has 2 aromatic rings. The molecular weight excluding hydrogens is 230 g/mol. The first-order chi connectivity index (χ1) is 8.48. The van der Waals surface area contributed by atoms with Crippen molar-refractivity contribution in [3.05, 3.63) is 24.3 Å². The zero-order valence-corrected chi connectivity index (χ0v) is 11.0. The quantitative estimate of drug-likeness (QED) is 0.903. The van der Waals surface area contributed by atoms with E-state index in [0.29, 0.717) is 11.9 Å². The van der Waals surface area contributed by atoms with Crippen LogP contribution in [0.5, 0.6) is 5.75 Å². The summed E-state index contributed by atoms with van der Waals surface area (Å²) >= 11 is 0. The van der Waals surface area contributed by atoms with Crippen molar-refractivity contribution < 1.29 is 9.15 Å². The van der Waals surface area contributed by atoms with Crippen molar-refractivity contribution in [1.82, 2.24) is 10.2 Å². The second kappa shape index (κ2) is 4.68. The van der Waals surface area contributed by atoms with Crippen LogP contribution < -0.4 is 10.1 Å². The fourth-order valence-electron chi connectivity index (χ4n) is 1.47. The van der Waals surface area contributed by atoms with Gasteiger partial charge in [0.1, 0.15) is 5.75 Å². The van der Waals surface area contributed by atoms with Crippen LogP contribution in [0.25, 0.3) is 11.5 Å². The van der Waals surface area contributed by atoms with E-state index in [2.05, 4.69) is 15.5 Å². The highest BCUT2D eigenvalue weighted by Gasteiger charge is 2.15. The molecule has 0 fully saturated rings. The molecule has 0 radical (unpaired) electrons. The zero-order valence-electron chi connectivity index (χ0n) is 11.0. The molecule has 0 atom stereocenters. The van der Waals surface area contributed by atoms with E-state index in [1.165, 1.54) is 0 Å². The van der Waals surface area contributed by atoms with Gasteiger partial charge in [-0.3, -0.25) is 0 Å². The second-order valence-electron chi connectivity index (χ2n) is 5.02. The van der Waals surface area contributed by atoms with Gasteiger partial charge in [-0.1, -0.05) is 11.2 Å². The van der Waals surface area contributed by atoms with Gasteiger partial charge in [0.2, 0.25) is 5.89 Å². The molecule has 1 heterocycles. The molecule has 0 bridgehead atoms. The molecule has 0 aliphatic carbocycles. The normalized spacial score (nSPS) is 11.3. The van der Waals surface area contributed by atoms with Gasteiger partial charge in [-0.05, 0) is 39.0 Å². The lowest BCUT2D eigenvalue weighted by molar-refractivity contribution is 0.414. The first kappa shape index (κ1) is 12.4. The van der Waals surface area contributed by atoms with Gasteiger partial charge < -0.3 is 14.5 Å². The molecule has 5 nitrogen and oxygen atoms in total. The molecular formula is C13H17N3O2. The summed E-state index contributed by atoms with van der Waals surface area (Å²) in [6.07, 6.45) is 0. The lowest BCUT2D eigenvalue weighted by atomic mass is 10.1. The van der Waals surface area contributed by atoms with Crippen LogP contribution in [0.15, 0.2) is 28.7 Å². The third kappa shape index (κ3) is 3.00. The van der Waals surface area contributed by atoms with Crippen LogP contribution in [0, 0.1) is 0 Å². The summed E-state index contributed by atoms with van der Waals surface area (Å²) in [5, 5.41) is 11.1. The van der Waals surface area contributed by atoms with Gasteiger partial charge in [0, 0.05) is 11.1 Å². The zero-order chi connectivity index (χ0) is 13.2. The Hall–Kier alpha value is -2.04. The summed E-state index contributed by atoms with van der Waals surface area (Å²) in [5.41, 5.74) is 0.724. The summed E-state index contributed by atoms with van der Waals surface area (Å²) in [6, 6.07) is 7.93. The maximum Gasteiger partial charge on any atom is 0.316 e. The molecule has 1 N–H and O–H groups in total. The number of aromatic nitrogens is 2. The third-order valence-corrected chi connectivity index (χ3v) is 2.22. The van der Waals surface area contributed by atoms with E-state index in [1.807, 2.05) is 45.0 Å². The Morgan fingerprint density at radius 3 is 2.67 bits per heavy atom. The Bertz CT molecular complexity index is 529. The lowest BCUT2D eigenvalue weighted by Gasteiger charge is -2.17. The van der Waals surface area contributed by atoms with Crippen molar-refractivity contribution in [1.29, 1.82) is 0 Å². The van der Waals surface area contributed by atoms with Gasteiger partial charge >= 0.3 is 6.01 Å². The number of nitrogens with zero attached hydrogens (tertiary/aromatic N) is 2. The first-order valence-electron chi connectivity index (χ1n) is 5.74. The molecule has 0 spiro atoms. The molecule has 1 aromatic carbocycles. The van der Waals surface area contributed by atoms with E-state index >= 15 is 0 Å². The second-order valence-corrected chi connectivity index (χ2v) is 5.02. The monoisotopic (exact) mass is 247 g/mol. The van der Waals surface area contributed by atoms with Gasteiger partial charge in [0.05, 0.1) is 7.11 Å². The molecule has 0 amide bonds. The van der Waals surface area contributed by atoms with E-state index in [4.69, 9.17) is 9.15 Å². The molecule has 0 unspecified atom stereocenters. The van der Waals surface area contributed by atoms with E-state index in [-0.39, 0.29) is 5.54 Å². The molecule has 0 aliphatic rings. The SMILES string of the molecule is COc1cccc(-c2nnc(NC(C)(C)C)o2)c1. The third-order valence-electron chi connectivity index (χ3n) is 2.22. The number of ether oxygens (including phenoxy) is 1. The van der Waals surface area contributed by atoms with E-state index in [1.54, 1.807) is 7.11 Å². The minimum atomic E-state index is -0.113. The molecule has 96 valence electrons. The van der Waals surface area contributed by atoms with Crippen molar-refractivity contribution in [2.24, 2.45) is 0 Å². The average molecular weight is 247 g/mol. The smallest absolute Gasteiger partial charge is 0.316 e. The van der Waals surface area contributed by atoms with Crippen molar-refractivity contribution in [2.75, 3.05) is 12.4 Å². The number of nitrogens with one attached hydrogen (secondary N) is 1. The summed E-state index contributed by atoms with van der Waals surface area (Å²) in [5.74, 6) is 1.23. The fourth-order valence-corrected chi connectivity index (χ4v) is 1.47. The largest absolute Gasteiger partial charge is 0.497 e. The molecule has 18 heavy (non-hydrogen) atoms. The van der Waals surface area contributed by atoms with Crippen LogP contribution in [-0.4, -0.2) is 22.8 Å². The summed E-state index contributed by atoms with van der Waals surface area (Å²) in [4.78, 5) is 0. The fraction of sp³-hybridized carbons (Fsp3) is 0.385. The first-order valence-corrected chi connectivity index (χ1v) is 5.74. The van der Waals surface area contributed by atoms with E-state index in [0.717, 1.165) is 11.3 Å². The molecule has 5 heteroatoms. The van der Waals surface area contributed by atoms with Gasteiger partial charge in [-0.25, -0.2) is 0 Å².